The third-order valence-electron chi connectivity index (χ3n) is 5.74. The summed E-state index contributed by atoms with van der Waals surface area (Å²) in [6.07, 6.45) is 0. The highest BCUT2D eigenvalue weighted by Crippen LogP contribution is 2.19. The van der Waals surface area contributed by atoms with Gasteiger partial charge in [-0.1, -0.05) is 30.3 Å². The summed E-state index contributed by atoms with van der Waals surface area (Å²) in [5.41, 5.74) is 3.73. The Balaban J connectivity index is 1.43. The Morgan fingerprint density at radius 1 is 0.971 bits per heavy atom. The van der Waals surface area contributed by atoms with Crippen LogP contribution in [0.4, 0.5) is 11.4 Å². The molecule has 2 aromatic rings. The maximum atomic E-state index is 12.5. The van der Waals surface area contributed by atoms with E-state index in [1.165, 1.54) is 0 Å². The maximum absolute atomic E-state index is 12.5. The molecule has 1 saturated heterocycles. The Morgan fingerprint density at radius 2 is 1.65 bits per heavy atom. The van der Waals surface area contributed by atoms with E-state index < -0.39 is 5.97 Å². The van der Waals surface area contributed by atoms with E-state index in [4.69, 9.17) is 9.84 Å². The Morgan fingerprint density at radius 3 is 2.32 bits per heavy atom. The number of hydrogen-bond donors (Lipinski definition) is 3. The summed E-state index contributed by atoms with van der Waals surface area (Å²) in [7, 11) is 0. The highest BCUT2D eigenvalue weighted by Gasteiger charge is 2.24. The zero-order chi connectivity index (χ0) is 24.5. The number of rotatable bonds is 9. The molecule has 0 bridgehead atoms. The Hall–Kier alpha value is -3.43. The summed E-state index contributed by atoms with van der Waals surface area (Å²) in [6, 6.07) is 12.7. The first kappa shape index (κ1) is 25.2. The van der Waals surface area contributed by atoms with Crippen molar-refractivity contribution in [1.82, 2.24) is 9.80 Å². The molecule has 2 amide bonds. The largest absolute Gasteiger partial charge is 0.452 e. The molecule has 0 unspecified atom stereocenters. The lowest BCUT2D eigenvalue weighted by Gasteiger charge is -2.34. The Kier molecular flexibility index (Phi) is 9.00. The predicted molar refractivity (Wildman–Crippen MR) is 130 cm³/mol. The lowest BCUT2D eigenvalue weighted by atomic mass is 10.1. The zero-order valence-electron chi connectivity index (χ0n) is 19.7. The van der Waals surface area contributed by atoms with E-state index in [-0.39, 0.29) is 31.6 Å². The maximum Gasteiger partial charge on any atom is 0.340 e. The summed E-state index contributed by atoms with van der Waals surface area (Å²) in [6.45, 7) is 6.11. The molecule has 34 heavy (non-hydrogen) atoms. The van der Waals surface area contributed by atoms with E-state index in [0.29, 0.717) is 44.0 Å². The molecule has 0 aromatic heterocycles. The second-order valence-electron chi connectivity index (χ2n) is 8.24. The molecule has 1 aliphatic rings. The van der Waals surface area contributed by atoms with Crippen LogP contribution in [0.5, 0.6) is 0 Å². The number of carbonyl (C=O) groups is 3. The van der Waals surface area contributed by atoms with E-state index in [9.17, 15) is 14.4 Å². The first-order valence-electron chi connectivity index (χ1n) is 11.4. The van der Waals surface area contributed by atoms with Crippen LogP contribution < -0.4 is 10.6 Å². The zero-order valence-corrected chi connectivity index (χ0v) is 19.7. The van der Waals surface area contributed by atoms with Crippen molar-refractivity contribution in [2.24, 2.45) is 0 Å². The van der Waals surface area contributed by atoms with Gasteiger partial charge >= 0.3 is 5.97 Å². The topological polar surface area (TPSA) is 111 Å². The molecule has 182 valence electrons. The molecule has 0 saturated carbocycles. The smallest absolute Gasteiger partial charge is 0.340 e. The van der Waals surface area contributed by atoms with Crippen LogP contribution in [-0.4, -0.2) is 85.2 Å². The van der Waals surface area contributed by atoms with E-state index in [1.807, 2.05) is 36.9 Å². The SMILES string of the molecule is Cc1cccc(C)c1NC(=O)CN1CCN(C(=O)COC(=O)c2ccccc2NCCO)CC1. The number of piperazine rings is 1. The van der Waals surface area contributed by atoms with Crippen LogP contribution in [0.2, 0.25) is 0 Å². The van der Waals surface area contributed by atoms with Gasteiger partial charge in [-0.25, -0.2) is 4.79 Å². The van der Waals surface area contributed by atoms with Crippen LogP contribution in [0.15, 0.2) is 42.5 Å². The van der Waals surface area contributed by atoms with Gasteiger partial charge in [0.2, 0.25) is 5.91 Å². The van der Waals surface area contributed by atoms with Gasteiger partial charge in [0.1, 0.15) is 0 Å². The third kappa shape index (κ3) is 6.79. The molecular formula is C25H32N4O5. The molecule has 1 heterocycles. The number of para-hydroxylation sites is 2. The third-order valence-corrected chi connectivity index (χ3v) is 5.74. The molecule has 3 rings (SSSR count). The summed E-state index contributed by atoms with van der Waals surface area (Å²) >= 11 is 0. The molecular weight excluding hydrogens is 436 g/mol. The highest BCUT2D eigenvalue weighted by atomic mass is 16.5. The fourth-order valence-corrected chi connectivity index (χ4v) is 3.85. The van der Waals surface area contributed by atoms with E-state index in [1.54, 1.807) is 29.2 Å². The number of anilines is 2. The van der Waals surface area contributed by atoms with Crippen molar-refractivity contribution in [2.75, 3.05) is 63.1 Å². The van der Waals surface area contributed by atoms with Gasteiger partial charge in [-0.05, 0) is 37.1 Å². The first-order valence-corrected chi connectivity index (χ1v) is 11.4. The normalized spacial score (nSPS) is 13.9. The second kappa shape index (κ2) is 12.2. The average molecular weight is 469 g/mol. The van der Waals surface area contributed by atoms with Crippen LogP contribution in [-0.2, 0) is 14.3 Å². The van der Waals surface area contributed by atoms with Crippen LogP contribution in [0, 0.1) is 13.8 Å². The quantitative estimate of drug-likeness (QED) is 0.480. The molecule has 0 atom stereocenters. The molecule has 3 N–H and O–H groups in total. The molecule has 0 spiro atoms. The van der Waals surface area contributed by atoms with Crippen molar-refractivity contribution in [1.29, 1.82) is 0 Å². The fraction of sp³-hybridized carbons (Fsp3) is 0.400. The number of aliphatic hydroxyl groups excluding tert-OH is 1. The minimum absolute atomic E-state index is 0.0684. The average Bonchev–Trinajstić information content (AvgIpc) is 2.84. The van der Waals surface area contributed by atoms with E-state index >= 15 is 0 Å². The Bertz CT molecular complexity index is 998. The molecule has 9 nitrogen and oxygen atoms in total. The molecule has 2 aromatic carbocycles. The van der Waals surface area contributed by atoms with Crippen LogP contribution in [0.3, 0.4) is 0 Å². The van der Waals surface area contributed by atoms with Crippen LogP contribution >= 0.6 is 0 Å². The van der Waals surface area contributed by atoms with Crippen molar-refractivity contribution < 1.29 is 24.2 Å². The number of aryl methyl sites for hydroxylation is 2. The molecule has 9 heteroatoms. The Labute approximate surface area is 199 Å². The number of hydrogen-bond acceptors (Lipinski definition) is 7. The van der Waals surface area contributed by atoms with Crippen molar-refractivity contribution in [3.05, 3.63) is 59.2 Å². The van der Waals surface area contributed by atoms with Gasteiger partial charge in [0.05, 0.1) is 18.7 Å². The van der Waals surface area contributed by atoms with Crippen molar-refractivity contribution in [3.63, 3.8) is 0 Å². The number of esters is 1. The molecule has 0 aliphatic carbocycles. The van der Waals surface area contributed by atoms with E-state index in [2.05, 4.69) is 10.6 Å². The van der Waals surface area contributed by atoms with Crippen molar-refractivity contribution in [3.8, 4) is 0 Å². The summed E-state index contributed by atoms with van der Waals surface area (Å²) in [4.78, 5) is 41.1. The lowest BCUT2D eigenvalue weighted by Crippen LogP contribution is -2.51. The number of ether oxygens (including phenoxy) is 1. The number of benzene rings is 2. The first-order chi connectivity index (χ1) is 16.4. The van der Waals surface area contributed by atoms with Gasteiger partial charge in [0, 0.05) is 44.1 Å². The highest BCUT2D eigenvalue weighted by molar-refractivity contribution is 5.97. The number of nitrogens with zero attached hydrogens (tertiary/aromatic N) is 2. The molecule has 0 radical (unpaired) electrons. The molecule has 1 aliphatic heterocycles. The number of carbonyl (C=O) groups excluding carboxylic acids is 3. The number of amides is 2. The fourth-order valence-electron chi connectivity index (χ4n) is 3.85. The van der Waals surface area contributed by atoms with Gasteiger partial charge in [0.15, 0.2) is 6.61 Å². The lowest BCUT2D eigenvalue weighted by molar-refractivity contribution is -0.136. The van der Waals surface area contributed by atoms with Crippen molar-refractivity contribution >= 4 is 29.2 Å². The van der Waals surface area contributed by atoms with Crippen LogP contribution in [0.25, 0.3) is 0 Å². The standard InChI is InChI=1S/C25H32N4O5/c1-18-6-5-7-19(2)24(18)27-22(31)16-28-11-13-29(14-12-28)23(32)17-34-25(33)20-8-3-4-9-21(20)26-10-15-30/h3-9,26,30H,10-17H2,1-2H3,(H,27,31). The summed E-state index contributed by atoms with van der Waals surface area (Å²) in [5, 5.41) is 14.9. The van der Waals surface area contributed by atoms with Gasteiger partial charge < -0.3 is 25.4 Å². The second-order valence-corrected chi connectivity index (χ2v) is 8.24. The van der Waals surface area contributed by atoms with Gasteiger partial charge in [0.25, 0.3) is 5.91 Å². The summed E-state index contributed by atoms with van der Waals surface area (Å²) in [5.74, 6) is -0.954. The summed E-state index contributed by atoms with van der Waals surface area (Å²) < 4.78 is 5.23. The van der Waals surface area contributed by atoms with Gasteiger partial charge in [-0.3, -0.25) is 14.5 Å². The number of nitrogens with one attached hydrogen (secondary N) is 2. The van der Waals surface area contributed by atoms with Crippen molar-refractivity contribution in [2.45, 2.75) is 13.8 Å². The minimum atomic E-state index is -0.601. The predicted octanol–water partition coefficient (Wildman–Crippen LogP) is 1.65. The van der Waals surface area contributed by atoms with Gasteiger partial charge in [-0.15, -0.1) is 0 Å². The molecule has 1 fully saturated rings. The minimum Gasteiger partial charge on any atom is -0.452 e. The van der Waals surface area contributed by atoms with Gasteiger partial charge in [-0.2, -0.15) is 0 Å². The van der Waals surface area contributed by atoms with Crippen LogP contribution in [0.1, 0.15) is 21.5 Å². The monoisotopic (exact) mass is 468 g/mol. The van der Waals surface area contributed by atoms with E-state index in [0.717, 1.165) is 16.8 Å². The number of aliphatic hydroxyl groups is 1.